The average molecular weight is 669 g/mol. The van der Waals surface area contributed by atoms with Crippen molar-refractivity contribution in [3.05, 3.63) is 170 Å². The third-order valence-corrected chi connectivity index (χ3v) is 12.9. The lowest BCUT2D eigenvalue weighted by Gasteiger charge is -2.18. The summed E-state index contributed by atoms with van der Waals surface area (Å²) in [5.41, 5.74) is 7.63. The molecule has 0 amide bonds. The maximum Gasteiger partial charge on any atom is 0.0440 e. The van der Waals surface area contributed by atoms with Crippen LogP contribution in [0.2, 0.25) is 0 Å². The Kier molecular flexibility index (Phi) is 6.09. The maximum atomic E-state index is 2.47. The summed E-state index contributed by atoms with van der Waals surface area (Å²) in [6.07, 6.45) is 0. The number of hydrogen-bond acceptors (Lipinski definition) is 2. The first kappa shape index (κ1) is 28.1. The molecule has 0 spiro atoms. The van der Waals surface area contributed by atoms with Crippen LogP contribution < -0.4 is 0 Å². The van der Waals surface area contributed by atoms with Crippen molar-refractivity contribution in [3.8, 4) is 33.4 Å². The smallest absolute Gasteiger partial charge is 0.0440 e. The van der Waals surface area contributed by atoms with Gasteiger partial charge in [-0.3, -0.25) is 0 Å². The zero-order valence-electron chi connectivity index (χ0n) is 27.0. The summed E-state index contributed by atoms with van der Waals surface area (Å²) in [6, 6.07) is 62.9. The largest absolute Gasteiger partial charge is 0.135 e. The van der Waals surface area contributed by atoms with Crippen molar-refractivity contribution in [3.63, 3.8) is 0 Å². The predicted octanol–water partition coefficient (Wildman–Crippen LogP) is 14.9. The molecular weight excluding hydrogens is 641 g/mol. The van der Waals surface area contributed by atoms with Crippen molar-refractivity contribution in [1.29, 1.82) is 0 Å². The Morgan fingerprint density at radius 1 is 0.280 bits per heavy atom. The molecule has 2 heteroatoms. The molecule has 50 heavy (non-hydrogen) atoms. The highest BCUT2D eigenvalue weighted by molar-refractivity contribution is 7.27. The van der Waals surface area contributed by atoms with Crippen molar-refractivity contribution < 1.29 is 0 Å². The molecule has 0 aliphatic rings. The summed E-state index contributed by atoms with van der Waals surface area (Å²) in [5, 5.41) is 13.2. The Morgan fingerprint density at radius 3 is 1.38 bits per heavy atom. The minimum Gasteiger partial charge on any atom is -0.135 e. The molecule has 11 rings (SSSR count). The van der Waals surface area contributed by atoms with Crippen LogP contribution in [0.25, 0.3) is 106 Å². The van der Waals surface area contributed by atoms with Gasteiger partial charge >= 0.3 is 0 Å². The summed E-state index contributed by atoms with van der Waals surface area (Å²) in [6.45, 7) is 0. The number of rotatable bonds is 3. The van der Waals surface area contributed by atoms with E-state index in [-0.39, 0.29) is 0 Å². The number of fused-ring (bicyclic) bond motifs is 11. The van der Waals surface area contributed by atoms with E-state index < -0.39 is 0 Å². The van der Waals surface area contributed by atoms with E-state index in [1.165, 1.54) is 106 Å². The standard InChI is InChI=1S/C48H28S2/c1-2-12-30(13-3-1)44-33-15-4-6-17-35(33)45(36-18-7-5-16-34(36)44)31-24-22-29(23-25-31)40-28-41-37(46-39-19-9-11-21-43(39)50-48(40)46)26-27-38-32-14-8-10-20-42(32)49-47(38)41/h1-28H. The van der Waals surface area contributed by atoms with Gasteiger partial charge < -0.3 is 0 Å². The predicted molar refractivity (Wildman–Crippen MR) is 221 cm³/mol. The number of thiophene rings is 2. The lowest BCUT2D eigenvalue weighted by atomic mass is 9.85. The van der Waals surface area contributed by atoms with Crippen LogP contribution in [0.3, 0.4) is 0 Å². The molecule has 9 aromatic carbocycles. The molecule has 2 heterocycles. The molecule has 0 saturated heterocycles. The molecule has 0 unspecified atom stereocenters. The SMILES string of the molecule is c1ccc(-c2c3ccccc3c(-c3ccc(-c4cc5c(ccc6c7ccccc7sc65)c5c4sc4ccccc45)cc3)c3ccccc23)cc1. The van der Waals surface area contributed by atoms with Gasteiger partial charge in [0, 0.05) is 51.3 Å². The second kappa shape index (κ2) is 10.9. The van der Waals surface area contributed by atoms with Crippen molar-refractivity contribution >= 4 is 95.3 Å². The lowest BCUT2D eigenvalue weighted by Crippen LogP contribution is -1.90. The van der Waals surface area contributed by atoms with Crippen LogP contribution in [0.15, 0.2) is 170 Å². The Morgan fingerprint density at radius 2 is 0.740 bits per heavy atom. The highest BCUT2D eigenvalue weighted by Crippen LogP contribution is 2.49. The monoisotopic (exact) mass is 668 g/mol. The van der Waals surface area contributed by atoms with Crippen molar-refractivity contribution in [2.45, 2.75) is 0 Å². The van der Waals surface area contributed by atoms with Crippen LogP contribution in [0.4, 0.5) is 0 Å². The summed E-state index contributed by atoms with van der Waals surface area (Å²) in [7, 11) is 0. The first-order chi connectivity index (χ1) is 24.8. The van der Waals surface area contributed by atoms with Gasteiger partial charge in [0.1, 0.15) is 0 Å². The van der Waals surface area contributed by atoms with Gasteiger partial charge in [0.25, 0.3) is 0 Å². The zero-order chi connectivity index (χ0) is 32.8. The highest BCUT2D eigenvalue weighted by Gasteiger charge is 2.19. The lowest BCUT2D eigenvalue weighted by molar-refractivity contribution is 1.64. The van der Waals surface area contributed by atoms with Crippen LogP contribution in [0.1, 0.15) is 0 Å². The first-order valence-corrected chi connectivity index (χ1v) is 18.7. The van der Waals surface area contributed by atoms with Gasteiger partial charge in [-0.25, -0.2) is 0 Å². The summed E-state index contributed by atoms with van der Waals surface area (Å²) >= 11 is 3.83. The van der Waals surface area contributed by atoms with Gasteiger partial charge in [0.05, 0.1) is 0 Å². The van der Waals surface area contributed by atoms with Crippen LogP contribution in [-0.4, -0.2) is 0 Å². The third-order valence-electron chi connectivity index (χ3n) is 10.5. The number of hydrogen-bond donors (Lipinski definition) is 0. The molecule has 0 aliphatic heterocycles. The van der Waals surface area contributed by atoms with E-state index in [2.05, 4.69) is 170 Å². The van der Waals surface area contributed by atoms with Crippen molar-refractivity contribution in [1.82, 2.24) is 0 Å². The summed E-state index contributed by atoms with van der Waals surface area (Å²) in [5.74, 6) is 0. The Balaban J connectivity index is 1.17. The minimum atomic E-state index is 1.24. The fourth-order valence-corrected chi connectivity index (χ4v) is 10.7. The Bertz CT molecular complexity index is 3070. The Hall–Kier alpha value is -5.80. The minimum absolute atomic E-state index is 1.24. The normalized spacial score (nSPS) is 12.0. The van der Waals surface area contributed by atoms with Crippen LogP contribution in [0.5, 0.6) is 0 Å². The van der Waals surface area contributed by atoms with Crippen molar-refractivity contribution in [2.75, 3.05) is 0 Å². The van der Waals surface area contributed by atoms with Gasteiger partial charge in [0.2, 0.25) is 0 Å². The van der Waals surface area contributed by atoms with E-state index in [1.807, 2.05) is 22.7 Å². The zero-order valence-corrected chi connectivity index (χ0v) is 28.6. The van der Waals surface area contributed by atoms with Gasteiger partial charge in [-0.1, -0.05) is 152 Å². The van der Waals surface area contributed by atoms with E-state index in [1.54, 1.807) is 0 Å². The van der Waals surface area contributed by atoms with E-state index in [9.17, 15) is 0 Å². The third kappa shape index (κ3) is 4.04. The average Bonchev–Trinajstić information content (AvgIpc) is 3.76. The molecule has 232 valence electrons. The fourth-order valence-electron chi connectivity index (χ4n) is 8.27. The topological polar surface area (TPSA) is 0 Å². The molecule has 0 N–H and O–H groups in total. The molecule has 11 aromatic rings. The van der Waals surface area contributed by atoms with Crippen LogP contribution >= 0.6 is 22.7 Å². The molecule has 0 fully saturated rings. The van der Waals surface area contributed by atoms with Gasteiger partial charge in [-0.15, -0.1) is 22.7 Å². The molecule has 0 nitrogen and oxygen atoms in total. The molecular formula is C48H28S2. The highest BCUT2D eigenvalue weighted by atomic mass is 32.1. The van der Waals surface area contributed by atoms with Crippen molar-refractivity contribution in [2.24, 2.45) is 0 Å². The van der Waals surface area contributed by atoms with Gasteiger partial charge in [0.15, 0.2) is 0 Å². The second-order valence-corrected chi connectivity index (χ2v) is 15.3. The molecule has 0 radical (unpaired) electrons. The van der Waals surface area contributed by atoms with E-state index in [4.69, 9.17) is 0 Å². The number of benzene rings is 9. The van der Waals surface area contributed by atoms with E-state index >= 15 is 0 Å². The first-order valence-electron chi connectivity index (χ1n) is 17.1. The van der Waals surface area contributed by atoms with Crippen LogP contribution in [-0.2, 0) is 0 Å². The molecule has 2 aromatic heterocycles. The second-order valence-electron chi connectivity index (χ2n) is 13.1. The Labute approximate surface area is 297 Å². The van der Waals surface area contributed by atoms with Gasteiger partial charge in [-0.05, 0) is 72.9 Å². The summed E-state index contributed by atoms with van der Waals surface area (Å²) in [4.78, 5) is 0. The molecule has 0 aliphatic carbocycles. The molecule has 0 saturated carbocycles. The van der Waals surface area contributed by atoms with Crippen LogP contribution in [0, 0.1) is 0 Å². The molecule has 0 atom stereocenters. The van der Waals surface area contributed by atoms with E-state index in [0.29, 0.717) is 0 Å². The van der Waals surface area contributed by atoms with E-state index in [0.717, 1.165) is 0 Å². The quantitative estimate of drug-likeness (QED) is 0.164. The summed E-state index contributed by atoms with van der Waals surface area (Å²) < 4.78 is 5.40. The fraction of sp³-hybridized carbons (Fsp3) is 0. The molecule has 0 bridgehead atoms. The van der Waals surface area contributed by atoms with Gasteiger partial charge in [-0.2, -0.15) is 0 Å². The maximum absolute atomic E-state index is 2.47.